The highest BCUT2D eigenvalue weighted by Crippen LogP contribution is 2.26. The molecule has 1 atom stereocenters. The van der Waals surface area contributed by atoms with E-state index in [0.717, 1.165) is 49.0 Å². The van der Waals surface area contributed by atoms with Crippen LogP contribution in [0.4, 0.5) is 0 Å². The molecule has 0 saturated carbocycles. The maximum absolute atomic E-state index is 12.5. The third-order valence-corrected chi connectivity index (χ3v) is 5.41. The maximum Gasteiger partial charge on any atom is 0.224 e. The number of hydrogen-bond acceptors (Lipinski definition) is 5. The average molecular weight is 418 g/mol. The monoisotopic (exact) mass is 417 g/mol. The third kappa shape index (κ3) is 5.83. The van der Waals surface area contributed by atoms with Crippen molar-refractivity contribution in [2.24, 2.45) is 5.92 Å². The Kier molecular flexibility index (Phi) is 6.79. The predicted octanol–water partition coefficient (Wildman–Crippen LogP) is 4.02. The first-order valence-corrected chi connectivity index (χ1v) is 10.5. The molecule has 1 fully saturated rings. The number of aromatic nitrogens is 1. The van der Waals surface area contributed by atoms with Crippen molar-refractivity contribution in [2.45, 2.75) is 19.5 Å². The van der Waals surface area contributed by atoms with Crippen molar-refractivity contribution in [1.29, 1.82) is 0 Å². The molecular weight excluding hydrogens is 390 g/mol. The summed E-state index contributed by atoms with van der Waals surface area (Å²) in [5.74, 6) is 2.48. The molecule has 1 aliphatic heterocycles. The lowest BCUT2D eigenvalue weighted by molar-refractivity contribution is -0.124. The van der Waals surface area contributed by atoms with Gasteiger partial charge in [0.25, 0.3) is 0 Å². The summed E-state index contributed by atoms with van der Waals surface area (Å²) < 4.78 is 11.2. The van der Waals surface area contributed by atoms with Gasteiger partial charge in [-0.3, -0.25) is 14.7 Å². The number of benzene rings is 2. The van der Waals surface area contributed by atoms with Crippen LogP contribution in [0.5, 0.6) is 17.2 Å². The van der Waals surface area contributed by atoms with Crippen molar-refractivity contribution in [3.05, 3.63) is 84.2 Å². The van der Waals surface area contributed by atoms with Gasteiger partial charge < -0.3 is 14.8 Å². The molecule has 1 amide bonds. The van der Waals surface area contributed by atoms with E-state index in [-0.39, 0.29) is 11.8 Å². The number of rotatable bonds is 8. The summed E-state index contributed by atoms with van der Waals surface area (Å²) in [6.07, 6.45) is 2.61. The van der Waals surface area contributed by atoms with E-state index in [0.29, 0.717) is 6.54 Å². The van der Waals surface area contributed by atoms with Gasteiger partial charge in [-0.2, -0.15) is 0 Å². The fourth-order valence-electron chi connectivity index (χ4n) is 3.76. The van der Waals surface area contributed by atoms with E-state index in [2.05, 4.69) is 27.3 Å². The molecule has 0 radical (unpaired) electrons. The van der Waals surface area contributed by atoms with Gasteiger partial charge in [0.05, 0.1) is 25.3 Å². The summed E-state index contributed by atoms with van der Waals surface area (Å²) in [6.45, 7) is 2.94. The van der Waals surface area contributed by atoms with Crippen LogP contribution in [0, 0.1) is 5.92 Å². The molecule has 1 saturated heterocycles. The number of hydrogen-bond donors (Lipinski definition) is 1. The van der Waals surface area contributed by atoms with Gasteiger partial charge >= 0.3 is 0 Å². The number of carbonyl (C=O) groups excluding carboxylic acids is 1. The third-order valence-electron chi connectivity index (χ3n) is 5.41. The zero-order valence-corrected chi connectivity index (χ0v) is 17.7. The highest BCUT2D eigenvalue weighted by molar-refractivity contribution is 5.79. The molecule has 6 nitrogen and oxygen atoms in total. The van der Waals surface area contributed by atoms with Crippen LogP contribution in [-0.4, -0.2) is 36.0 Å². The van der Waals surface area contributed by atoms with Crippen molar-refractivity contribution in [2.75, 3.05) is 20.2 Å². The van der Waals surface area contributed by atoms with Crippen molar-refractivity contribution >= 4 is 5.91 Å². The Morgan fingerprint density at radius 1 is 1.06 bits per heavy atom. The summed E-state index contributed by atoms with van der Waals surface area (Å²) >= 11 is 0. The quantitative estimate of drug-likeness (QED) is 0.600. The number of nitrogens with one attached hydrogen (secondary N) is 1. The Hall–Kier alpha value is -3.38. The van der Waals surface area contributed by atoms with Gasteiger partial charge in [-0.1, -0.05) is 18.2 Å². The minimum absolute atomic E-state index is 0.0162. The minimum atomic E-state index is 0.0162. The second-order valence-corrected chi connectivity index (χ2v) is 7.68. The first-order valence-electron chi connectivity index (χ1n) is 10.5. The molecule has 0 spiro atoms. The van der Waals surface area contributed by atoms with E-state index in [1.54, 1.807) is 13.3 Å². The Morgan fingerprint density at radius 3 is 2.68 bits per heavy atom. The van der Waals surface area contributed by atoms with Crippen LogP contribution in [0.3, 0.4) is 0 Å². The van der Waals surface area contributed by atoms with Crippen LogP contribution in [0.15, 0.2) is 72.9 Å². The summed E-state index contributed by atoms with van der Waals surface area (Å²) in [6, 6.07) is 21.4. The lowest BCUT2D eigenvalue weighted by atomic mass is 10.1. The smallest absolute Gasteiger partial charge is 0.224 e. The molecule has 160 valence electrons. The maximum atomic E-state index is 12.5. The molecule has 31 heavy (non-hydrogen) atoms. The number of methoxy groups -OCH3 is 1. The lowest BCUT2D eigenvalue weighted by Gasteiger charge is -2.17. The Bertz CT molecular complexity index is 992. The van der Waals surface area contributed by atoms with Crippen LogP contribution in [0.2, 0.25) is 0 Å². The molecule has 0 aliphatic carbocycles. The first-order chi connectivity index (χ1) is 15.2. The largest absolute Gasteiger partial charge is 0.497 e. The van der Waals surface area contributed by atoms with Gasteiger partial charge in [0.2, 0.25) is 5.91 Å². The van der Waals surface area contributed by atoms with E-state index in [1.165, 1.54) is 5.56 Å². The van der Waals surface area contributed by atoms with Crippen molar-refractivity contribution in [3.63, 3.8) is 0 Å². The molecule has 2 heterocycles. The van der Waals surface area contributed by atoms with Crippen molar-refractivity contribution in [3.8, 4) is 17.2 Å². The highest BCUT2D eigenvalue weighted by atomic mass is 16.5. The van der Waals surface area contributed by atoms with E-state index >= 15 is 0 Å². The van der Waals surface area contributed by atoms with Crippen LogP contribution in [-0.2, 0) is 17.9 Å². The minimum Gasteiger partial charge on any atom is -0.497 e. The molecule has 1 unspecified atom stereocenters. The van der Waals surface area contributed by atoms with Crippen LogP contribution in [0.25, 0.3) is 0 Å². The highest BCUT2D eigenvalue weighted by Gasteiger charge is 2.28. The first kappa shape index (κ1) is 20.9. The van der Waals surface area contributed by atoms with Crippen LogP contribution < -0.4 is 14.8 Å². The molecule has 4 rings (SSSR count). The number of ether oxygens (including phenoxy) is 2. The molecule has 1 aliphatic rings. The Labute approximate surface area is 182 Å². The van der Waals surface area contributed by atoms with Gasteiger partial charge in [-0.25, -0.2) is 0 Å². The average Bonchev–Trinajstić information content (AvgIpc) is 3.27. The molecule has 0 bridgehead atoms. The summed E-state index contributed by atoms with van der Waals surface area (Å²) in [7, 11) is 1.65. The lowest BCUT2D eigenvalue weighted by Crippen LogP contribution is -2.32. The molecule has 6 heteroatoms. The van der Waals surface area contributed by atoms with E-state index < -0.39 is 0 Å². The molecule has 1 aromatic heterocycles. The summed E-state index contributed by atoms with van der Waals surface area (Å²) in [4.78, 5) is 19.1. The van der Waals surface area contributed by atoms with Crippen LogP contribution in [0.1, 0.15) is 17.7 Å². The summed E-state index contributed by atoms with van der Waals surface area (Å²) in [5, 5.41) is 3.01. The molecule has 2 aromatic carbocycles. The second kappa shape index (κ2) is 10.1. The number of carbonyl (C=O) groups is 1. The number of pyridine rings is 1. The van der Waals surface area contributed by atoms with E-state index in [4.69, 9.17) is 9.47 Å². The number of likely N-dealkylation sites (tertiary alicyclic amines) is 1. The number of nitrogens with zero attached hydrogens (tertiary/aromatic N) is 2. The van der Waals surface area contributed by atoms with E-state index in [9.17, 15) is 4.79 Å². The Balaban J connectivity index is 1.28. The zero-order valence-electron chi connectivity index (χ0n) is 17.7. The van der Waals surface area contributed by atoms with Crippen molar-refractivity contribution in [1.82, 2.24) is 15.2 Å². The zero-order chi connectivity index (χ0) is 21.5. The summed E-state index contributed by atoms with van der Waals surface area (Å²) in [5.41, 5.74) is 2.04. The van der Waals surface area contributed by atoms with Gasteiger partial charge in [0, 0.05) is 19.3 Å². The van der Waals surface area contributed by atoms with Crippen LogP contribution >= 0.6 is 0 Å². The molecular formula is C25H27N3O3. The standard InChI is InChI=1S/C25H27N3O3/c1-30-22-8-10-23(11-9-22)31-24-7-4-5-19(15-24)17-28-14-12-20(18-28)25(29)27-16-21-6-2-3-13-26-21/h2-11,13,15,20H,12,14,16-18H2,1H3,(H,27,29). The van der Waals surface area contributed by atoms with Gasteiger partial charge in [-0.15, -0.1) is 0 Å². The van der Waals surface area contributed by atoms with Gasteiger partial charge in [0.1, 0.15) is 17.2 Å². The van der Waals surface area contributed by atoms with Gasteiger partial charge in [0.15, 0.2) is 0 Å². The Morgan fingerprint density at radius 2 is 1.90 bits per heavy atom. The fourth-order valence-corrected chi connectivity index (χ4v) is 3.76. The van der Waals surface area contributed by atoms with Gasteiger partial charge in [-0.05, 0) is 67.1 Å². The van der Waals surface area contributed by atoms with E-state index in [1.807, 2.05) is 54.6 Å². The second-order valence-electron chi connectivity index (χ2n) is 7.68. The molecule has 3 aromatic rings. The SMILES string of the molecule is COc1ccc(Oc2cccc(CN3CCC(C(=O)NCc4ccccn4)C3)c2)cc1. The molecule has 1 N–H and O–H groups in total. The van der Waals surface area contributed by atoms with Crippen molar-refractivity contribution < 1.29 is 14.3 Å². The normalized spacial score (nSPS) is 16.1. The predicted molar refractivity (Wildman–Crippen MR) is 119 cm³/mol. The number of amides is 1. The fraction of sp³-hybridized carbons (Fsp3) is 0.280. The topological polar surface area (TPSA) is 63.7 Å².